The highest BCUT2D eigenvalue weighted by Crippen LogP contribution is 2.71. The Labute approximate surface area is 180 Å². The lowest BCUT2D eigenvalue weighted by atomic mass is 9.45. The molecule has 1 aromatic carbocycles. The summed E-state index contributed by atoms with van der Waals surface area (Å²) < 4.78 is 0. The maximum absolute atomic E-state index is 5.97. The van der Waals surface area contributed by atoms with E-state index in [0.717, 1.165) is 17.4 Å². The van der Waals surface area contributed by atoms with Gasteiger partial charge in [-0.05, 0) is 95.2 Å². The van der Waals surface area contributed by atoms with Gasteiger partial charge >= 0.3 is 0 Å². The zero-order valence-electron chi connectivity index (χ0n) is 19.6. The summed E-state index contributed by atoms with van der Waals surface area (Å²) in [5, 5.41) is 0. The molecule has 1 saturated heterocycles. The second kappa shape index (κ2) is 6.53. The van der Waals surface area contributed by atoms with Crippen LogP contribution in [0.2, 0.25) is 0 Å². The van der Waals surface area contributed by atoms with Crippen LogP contribution >= 0.6 is 0 Å². The number of benzene rings is 1. The first-order valence-electron chi connectivity index (χ1n) is 11.5. The molecule has 1 nitrogen and oxygen atoms in total. The summed E-state index contributed by atoms with van der Waals surface area (Å²) in [6.07, 6.45) is 7.93. The second-order valence-electron chi connectivity index (χ2n) is 11.5. The molecule has 1 heterocycles. The van der Waals surface area contributed by atoms with Crippen LogP contribution in [0.4, 0.5) is 5.69 Å². The summed E-state index contributed by atoms with van der Waals surface area (Å²) >= 11 is 0. The Balaban J connectivity index is 1.84. The van der Waals surface area contributed by atoms with Gasteiger partial charge < -0.3 is 4.90 Å². The van der Waals surface area contributed by atoms with Gasteiger partial charge in [-0.2, -0.15) is 0 Å². The lowest BCUT2D eigenvalue weighted by molar-refractivity contribution is 0.0341. The Morgan fingerprint density at radius 3 is 2.45 bits per heavy atom. The molecule has 1 aromatic rings. The van der Waals surface area contributed by atoms with Crippen molar-refractivity contribution in [2.24, 2.45) is 23.2 Å². The first-order valence-corrected chi connectivity index (χ1v) is 11.5. The van der Waals surface area contributed by atoms with Gasteiger partial charge in [-0.1, -0.05) is 43.1 Å². The number of hydrogen-bond donors (Lipinski definition) is 0. The third-order valence-electron chi connectivity index (χ3n) is 8.46. The zero-order chi connectivity index (χ0) is 21.4. The minimum absolute atomic E-state index is 0.0774. The third-order valence-corrected chi connectivity index (χ3v) is 8.46. The van der Waals surface area contributed by atoms with Gasteiger partial charge in [-0.3, -0.25) is 0 Å². The maximum Gasteiger partial charge on any atom is 0.113 e. The van der Waals surface area contributed by atoms with E-state index in [0.29, 0.717) is 16.8 Å². The molecule has 1 spiro atoms. The van der Waals surface area contributed by atoms with Gasteiger partial charge in [0.15, 0.2) is 0 Å². The van der Waals surface area contributed by atoms with Crippen molar-refractivity contribution in [3.63, 3.8) is 0 Å². The molecule has 4 unspecified atom stereocenters. The van der Waals surface area contributed by atoms with Crippen LogP contribution in [0.3, 0.4) is 0 Å². The van der Waals surface area contributed by atoms with Gasteiger partial charge in [0.2, 0.25) is 0 Å². The summed E-state index contributed by atoms with van der Waals surface area (Å²) in [5.74, 6) is 2.32. The zero-order valence-corrected chi connectivity index (χ0v) is 19.6. The molecule has 2 bridgehead atoms. The summed E-state index contributed by atoms with van der Waals surface area (Å²) in [7, 11) is 5.97. The smallest absolute Gasteiger partial charge is 0.113 e. The number of nitrogens with zero attached hydrogens (tertiary/aromatic N) is 1. The van der Waals surface area contributed by atoms with Gasteiger partial charge in [0.1, 0.15) is 7.85 Å². The van der Waals surface area contributed by atoms with Crippen molar-refractivity contribution in [3.8, 4) is 0 Å². The van der Waals surface area contributed by atoms with E-state index in [1.54, 1.807) is 5.57 Å². The second-order valence-corrected chi connectivity index (χ2v) is 11.5. The van der Waals surface area contributed by atoms with E-state index >= 15 is 0 Å². The maximum atomic E-state index is 5.97. The molecule has 2 aliphatic carbocycles. The van der Waals surface area contributed by atoms with Crippen molar-refractivity contribution in [3.05, 3.63) is 47.6 Å². The SMILES string of the molecule is [B]C(=C)c1ccc(N2C(C)(C)CC3(/C4=C/C(C)CC(C)CC3C4)C2(C)C)c(C)c1. The van der Waals surface area contributed by atoms with E-state index in [2.05, 4.69) is 84.2 Å². The molecular formula is C27H38BN. The molecule has 0 N–H and O–H groups in total. The van der Waals surface area contributed by atoms with Crippen LogP contribution in [0.15, 0.2) is 36.4 Å². The fraction of sp³-hybridized carbons (Fsp3) is 0.630. The third kappa shape index (κ3) is 2.88. The van der Waals surface area contributed by atoms with E-state index in [-0.39, 0.29) is 11.1 Å². The van der Waals surface area contributed by atoms with E-state index in [1.807, 2.05) is 0 Å². The van der Waals surface area contributed by atoms with Crippen molar-refractivity contribution in [2.45, 2.75) is 85.2 Å². The van der Waals surface area contributed by atoms with Gasteiger partial charge in [-0.25, -0.2) is 0 Å². The highest BCUT2D eigenvalue weighted by molar-refractivity contribution is 6.41. The van der Waals surface area contributed by atoms with Crippen molar-refractivity contribution < 1.29 is 0 Å². The fourth-order valence-corrected chi connectivity index (χ4v) is 7.70. The quantitative estimate of drug-likeness (QED) is 0.394. The Hall–Kier alpha value is -1.44. The van der Waals surface area contributed by atoms with E-state index < -0.39 is 0 Å². The molecule has 2 fully saturated rings. The van der Waals surface area contributed by atoms with Crippen LogP contribution in [0, 0.1) is 30.1 Å². The first-order chi connectivity index (χ1) is 13.4. The molecular weight excluding hydrogens is 349 g/mol. The summed E-state index contributed by atoms with van der Waals surface area (Å²) in [6.45, 7) is 20.9. The largest absolute Gasteiger partial charge is 0.360 e. The minimum atomic E-state index is 0.0774. The van der Waals surface area contributed by atoms with Crippen LogP contribution in [0.5, 0.6) is 0 Å². The van der Waals surface area contributed by atoms with E-state index in [1.165, 1.54) is 36.9 Å². The molecule has 154 valence electrons. The predicted octanol–water partition coefficient (Wildman–Crippen LogP) is 6.90. The monoisotopic (exact) mass is 387 g/mol. The molecule has 4 rings (SSSR count). The molecule has 2 radical (unpaired) electrons. The average Bonchev–Trinajstić information content (AvgIpc) is 2.76. The van der Waals surface area contributed by atoms with Crippen LogP contribution in [-0.4, -0.2) is 18.9 Å². The molecule has 0 aromatic heterocycles. The van der Waals surface area contributed by atoms with Crippen molar-refractivity contribution in [1.29, 1.82) is 0 Å². The Morgan fingerprint density at radius 1 is 1.14 bits per heavy atom. The molecule has 1 aliphatic heterocycles. The molecule has 4 atom stereocenters. The van der Waals surface area contributed by atoms with Gasteiger partial charge in [-0.15, -0.1) is 6.58 Å². The lowest BCUT2D eigenvalue weighted by Crippen LogP contribution is -2.60. The molecule has 2 heteroatoms. The van der Waals surface area contributed by atoms with Crippen molar-refractivity contribution in [1.82, 2.24) is 0 Å². The van der Waals surface area contributed by atoms with Crippen LogP contribution in [-0.2, 0) is 0 Å². The predicted molar refractivity (Wildman–Crippen MR) is 127 cm³/mol. The number of aryl methyl sites for hydroxylation is 1. The lowest BCUT2D eigenvalue weighted by Gasteiger charge is -2.60. The fourth-order valence-electron chi connectivity index (χ4n) is 7.70. The molecule has 3 aliphatic rings. The normalized spacial score (nSPS) is 36.7. The van der Waals surface area contributed by atoms with E-state index in [4.69, 9.17) is 7.85 Å². The van der Waals surface area contributed by atoms with Crippen molar-refractivity contribution >= 4 is 19.0 Å². The van der Waals surface area contributed by atoms with Crippen LogP contribution < -0.4 is 4.90 Å². The van der Waals surface area contributed by atoms with Crippen molar-refractivity contribution in [2.75, 3.05) is 4.90 Å². The summed E-state index contributed by atoms with van der Waals surface area (Å²) in [6, 6.07) is 6.63. The van der Waals surface area contributed by atoms with Crippen LogP contribution in [0.1, 0.15) is 78.4 Å². The topological polar surface area (TPSA) is 3.24 Å². The van der Waals surface area contributed by atoms with Gasteiger partial charge in [0.25, 0.3) is 0 Å². The minimum Gasteiger partial charge on any atom is -0.360 e. The first kappa shape index (κ1) is 20.8. The average molecular weight is 387 g/mol. The summed E-state index contributed by atoms with van der Waals surface area (Å²) in [5.41, 5.74) is 6.55. The number of allylic oxidation sites excluding steroid dienone is 1. The molecule has 29 heavy (non-hydrogen) atoms. The summed E-state index contributed by atoms with van der Waals surface area (Å²) in [4.78, 5) is 2.75. The Kier molecular flexibility index (Phi) is 4.69. The standard InChI is InChI=1S/C27H38BN/c1-17-11-18(2)13-23-15-22(12-17)27(23)16-25(5,6)29(26(27,7)8)24-10-9-21(20(4)28)14-19(24)3/h9-10,12,14,17-18,23H,4,11,13,15-16H2,1-3,5-8H3/b22-12+. The number of anilines is 1. The Bertz CT molecular complexity index is 877. The number of rotatable bonds is 2. The van der Waals surface area contributed by atoms with Gasteiger partial charge in [0, 0.05) is 22.2 Å². The molecule has 0 amide bonds. The number of hydrogen-bond acceptors (Lipinski definition) is 1. The van der Waals surface area contributed by atoms with Gasteiger partial charge in [0.05, 0.1) is 0 Å². The highest BCUT2D eigenvalue weighted by Gasteiger charge is 2.69. The van der Waals surface area contributed by atoms with Crippen LogP contribution in [0.25, 0.3) is 5.47 Å². The highest BCUT2D eigenvalue weighted by atomic mass is 15.3. The van der Waals surface area contributed by atoms with E-state index in [9.17, 15) is 0 Å². The Morgan fingerprint density at radius 2 is 1.83 bits per heavy atom. The molecule has 1 saturated carbocycles.